The molecule has 2 aromatic carbocycles. The van der Waals surface area contributed by atoms with E-state index in [0.717, 1.165) is 22.4 Å². The molecule has 0 bridgehead atoms. The first kappa shape index (κ1) is 15.4. The molecule has 0 spiro atoms. The van der Waals surface area contributed by atoms with Gasteiger partial charge in [-0.3, -0.25) is 0 Å². The predicted octanol–water partition coefficient (Wildman–Crippen LogP) is 4.49. The van der Waals surface area contributed by atoms with Crippen molar-refractivity contribution in [3.8, 4) is 22.9 Å². The number of aryl methyl sites for hydroxylation is 1. The zero-order valence-electron chi connectivity index (χ0n) is 14.2. The fourth-order valence-corrected chi connectivity index (χ4v) is 3.00. The number of benzene rings is 2. The standard InChI is InChI=1S/C19H22N2O2/c1-11-10-13(12(2)17(23)16(11)22)18-20-14-8-6-7-9-15(14)21(18)19(3,4)5/h6-10,22-23H,1-5H3. The van der Waals surface area contributed by atoms with Crippen LogP contribution in [0.15, 0.2) is 30.3 Å². The summed E-state index contributed by atoms with van der Waals surface area (Å²) in [6, 6.07) is 9.90. The van der Waals surface area contributed by atoms with E-state index in [-0.39, 0.29) is 17.0 Å². The summed E-state index contributed by atoms with van der Waals surface area (Å²) in [5.74, 6) is 0.659. The van der Waals surface area contributed by atoms with E-state index in [1.54, 1.807) is 13.8 Å². The summed E-state index contributed by atoms with van der Waals surface area (Å²) >= 11 is 0. The summed E-state index contributed by atoms with van der Waals surface area (Å²) in [6.07, 6.45) is 0. The van der Waals surface area contributed by atoms with E-state index in [4.69, 9.17) is 4.98 Å². The van der Waals surface area contributed by atoms with Gasteiger partial charge in [0.05, 0.1) is 11.0 Å². The average molecular weight is 310 g/mol. The molecule has 4 heteroatoms. The second-order valence-electron chi connectivity index (χ2n) is 6.99. The van der Waals surface area contributed by atoms with Crippen molar-refractivity contribution in [2.24, 2.45) is 0 Å². The van der Waals surface area contributed by atoms with Crippen LogP contribution in [0.3, 0.4) is 0 Å². The van der Waals surface area contributed by atoms with E-state index in [9.17, 15) is 10.2 Å². The van der Waals surface area contributed by atoms with Gasteiger partial charge in [0.2, 0.25) is 0 Å². The summed E-state index contributed by atoms with van der Waals surface area (Å²) in [4.78, 5) is 4.79. The van der Waals surface area contributed by atoms with Gasteiger partial charge < -0.3 is 14.8 Å². The van der Waals surface area contributed by atoms with Crippen molar-refractivity contribution < 1.29 is 10.2 Å². The molecule has 0 saturated carbocycles. The number of hydrogen-bond acceptors (Lipinski definition) is 3. The van der Waals surface area contributed by atoms with Crippen LogP contribution in [0.5, 0.6) is 11.5 Å². The lowest BCUT2D eigenvalue weighted by Crippen LogP contribution is -2.22. The van der Waals surface area contributed by atoms with Gasteiger partial charge in [-0.1, -0.05) is 12.1 Å². The normalized spacial score (nSPS) is 12.0. The molecule has 2 N–H and O–H groups in total. The highest BCUT2D eigenvalue weighted by atomic mass is 16.3. The van der Waals surface area contributed by atoms with E-state index in [1.165, 1.54) is 0 Å². The van der Waals surface area contributed by atoms with Gasteiger partial charge in [0, 0.05) is 16.7 Å². The second-order valence-corrected chi connectivity index (χ2v) is 6.99. The van der Waals surface area contributed by atoms with Gasteiger partial charge in [-0.2, -0.15) is 0 Å². The van der Waals surface area contributed by atoms with Crippen LogP contribution in [0, 0.1) is 13.8 Å². The summed E-state index contributed by atoms with van der Waals surface area (Å²) in [7, 11) is 0. The lowest BCUT2D eigenvalue weighted by atomic mass is 10.0. The van der Waals surface area contributed by atoms with Gasteiger partial charge >= 0.3 is 0 Å². The van der Waals surface area contributed by atoms with Gasteiger partial charge in [-0.05, 0) is 58.4 Å². The molecule has 0 aliphatic heterocycles. The predicted molar refractivity (Wildman–Crippen MR) is 93.0 cm³/mol. The number of rotatable bonds is 1. The Hall–Kier alpha value is -2.49. The van der Waals surface area contributed by atoms with Crippen LogP contribution >= 0.6 is 0 Å². The first-order valence-corrected chi connectivity index (χ1v) is 7.72. The number of aromatic hydroxyl groups is 2. The molecule has 3 rings (SSSR count). The number of phenolic OH excluding ortho intramolecular Hbond substituents is 2. The number of phenols is 2. The Balaban J connectivity index is 2.42. The molecule has 3 aromatic rings. The van der Waals surface area contributed by atoms with Gasteiger partial charge in [-0.25, -0.2) is 4.98 Å². The molecule has 1 heterocycles. The molecule has 0 saturated heterocycles. The van der Waals surface area contributed by atoms with Crippen LogP contribution in [0.2, 0.25) is 0 Å². The lowest BCUT2D eigenvalue weighted by molar-refractivity contribution is 0.397. The molecule has 0 unspecified atom stereocenters. The smallest absolute Gasteiger partial charge is 0.161 e. The average Bonchev–Trinajstić information content (AvgIpc) is 2.88. The number of hydrogen-bond donors (Lipinski definition) is 2. The monoisotopic (exact) mass is 310 g/mol. The van der Waals surface area contributed by atoms with Crippen LogP contribution in [-0.2, 0) is 5.54 Å². The highest BCUT2D eigenvalue weighted by molar-refractivity contribution is 5.82. The largest absolute Gasteiger partial charge is 0.504 e. The van der Waals surface area contributed by atoms with Crippen LogP contribution < -0.4 is 0 Å². The minimum Gasteiger partial charge on any atom is -0.504 e. The van der Waals surface area contributed by atoms with Crippen molar-refractivity contribution in [3.63, 3.8) is 0 Å². The first-order valence-electron chi connectivity index (χ1n) is 7.72. The maximum Gasteiger partial charge on any atom is 0.161 e. The van der Waals surface area contributed by atoms with Crippen LogP contribution in [0.1, 0.15) is 31.9 Å². The topological polar surface area (TPSA) is 58.3 Å². The maximum atomic E-state index is 10.2. The fourth-order valence-electron chi connectivity index (χ4n) is 3.00. The van der Waals surface area contributed by atoms with Crippen LogP contribution in [-0.4, -0.2) is 19.8 Å². The van der Waals surface area contributed by atoms with Gasteiger partial charge in [0.1, 0.15) is 5.82 Å². The van der Waals surface area contributed by atoms with Crippen molar-refractivity contribution in [2.75, 3.05) is 0 Å². The highest BCUT2D eigenvalue weighted by Gasteiger charge is 2.24. The Bertz CT molecular complexity index is 902. The van der Waals surface area contributed by atoms with Gasteiger partial charge in [0.25, 0.3) is 0 Å². The molecule has 1 aromatic heterocycles. The second kappa shape index (κ2) is 5.01. The van der Waals surface area contributed by atoms with Crippen molar-refractivity contribution in [3.05, 3.63) is 41.5 Å². The maximum absolute atomic E-state index is 10.2. The van der Waals surface area contributed by atoms with E-state index in [1.807, 2.05) is 24.3 Å². The molecule has 0 amide bonds. The summed E-state index contributed by atoms with van der Waals surface area (Å²) < 4.78 is 2.18. The molecule has 0 atom stereocenters. The van der Waals surface area contributed by atoms with E-state index < -0.39 is 0 Å². The SMILES string of the molecule is Cc1cc(-c2nc3ccccc3n2C(C)(C)C)c(C)c(O)c1O. The Morgan fingerprint density at radius 3 is 2.30 bits per heavy atom. The molecule has 120 valence electrons. The lowest BCUT2D eigenvalue weighted by Gasteiger charge is -2.25. The van der Waals surface area contributed by atoms with Crippen molar-refractivity contribution >= 4 is 11.0 Å². The molecular weight excluding hydrogens is 288 g/mol. The molecule has 4 nitrogen and oxygen atoms in total. The molecule has 0 fully saturated rings. The molecule has 0 aliphatic rings. The minimum atomic E-state index is -0.167. The number of aromatic nitrogens is 2. The summed E-state index contributed by atoms with van der Waals surface area (Å²) in [6.45, 7) is 9.98. The quantitative estimate of drug-likeness (QED) is 0.651. The van der Waals surface area contributed by atoms with E-state index in [2.05, 4.69) is 31.4 Å². The fraction of sp³-hybridized carbons (Fsp3) is 0.316. The Morgan fingerprint density at radius 2 is 1.65 bits per heavy atom. The zero-order valence-corrected chi connectivity index (χ0v) is 14.2. The number of para-hydroxylation sites is 2. The minimum absolute atomic E-state index is 0.0651. The molecule has 0 aliphatic carbocycles. The number of imidazole rings is 1. The van der Waals surface area contributed by atoms with Gasteiger partial charge in [0.15, 0.2) is 11.5 Å². The van der Waals surface area contributed by atoms with Crippen LogP contribution in [0.4, 0.5) is 0 Å². The summed E-state index contributed by atoms with van der Waals surface area (Å²) in [5.41, 5.74) is 3.91. The molecular formula is C19H22N2O2. The van der Waals surface area contributed by atoms with E-state index in [0.29, 0.717) is 11.1 Å². The third-order valence-corrected chi connectivity index (χ3v) is 4.19. The van der Waals surface area contributed by atoms with Crippen molar-refractivity contribution in [1.29, 1.82) is 0 Å². The van der Waals surface area contributed by atoms with Crippen molar-refractivity contribution in [1.82, 2.24) is 9.55 Å². The number of nitrogens with zero attached hydrogens (tertiary/aromatic N) is 2. The third kappa shape index (κ3) is 2.34. The Labute approximate surface area is 136 Å². The first-order chi connectivity index (χ1) is 10.7. The Morgan fingerprint density at radius 1 is 1.00 bits per heavy atom. The Kier molecular flexibility index (Phi) is 3.36. The van der Waals surface area contributed by atoms with Gasteiger partial charge in [-0.15, -0.1) is 0 Å². The number of fused-ring (bicyclic) bond motifs is 1. The molecule has 0 radical (unpaired) electrons. The summed E-state index contributed by atoms with van der Waals surface area (Å²) in [5, 5.41) is 20.2. The zero-order chi connectivity index (χ0) is 16.9. The van der Waals surface area contributed by atoms with Crippen LogP contribution in [0.25, 0.3) is 22.4 Å². The van der Waals surface area contributed by atoms with Crippen molar-refractivity contribution in [2.45, 2.75) is 40.2 Å². The van der Waals surface area contributed by atoms with E-state index >= 15 is 0 Å². The highest BCUT2D eigenvalue weighted by Crippen LogP contribution is 2.40. The molecule has 23 heavy (non-hydrogen) atoms. The third-order valence-electron chi connectivity index (χ3n) is 4.19.